The van der Waals surface area contributed by atoms with Crippen molar-refractivity contribution in [2.45, 2.75) is 25.3 Å². The van der Waals surface area contributed by atoms with Crippen molar-refractivity contribution in [3.63, 3.8) is 0 Å². The highest BCUT2D eigenvalue weighted by Crippen LogP contribution is 2.21. The van der Waals surface area contributed by atoms with Crippen LogP contribution in [0.1, 0.15) is 27.9 Å². The molecule has 5 N–H and O–H groups in total. The molecule has 0 spiro atoms. The second-order valence-electron chi connectivity index (χ2n) is 7.46. The highest BCUT2D eigenvalue weighted by Gasteiger charge is 2.16. The maximum Gasteiger partial charge on any atom is 0.251 e. The van der Waals surface area contributed by atoms with Gasteiger partial charge in [-0.05, 0) is 60.2 Å². The number of hydrogen-bond donors (Lipinski definition) is 3. The molecule has 2 aromatic carbocycles. The number of benzene rings is 2. The summed E-state index contributed by atoms with van der Waals surface area (Å²) in [6, 6.07) is 10.7. The molecular weight excluding hydrogens is 426 g/mol. The molecule has 1 heterocycles. The summed E-state index contributed by atoms with van der Waals surface area (Å²) in [6.45, 7) is 3.21. The van der Waals surface area contributed by atoms with Crippen LogP contribution in [0.2, 0.25) is 0 Å². The summed E-state index contributed by atoms with van der Waals surface area (Å²) in [4.78, 5) is 42.4. The Bertz CT molecular complexity index is 1240. The number of anilines is 2. The molecule has 0 radical (unpaired) electrons. The van der Waals surface area contributed by atoms with E-state index in [-0.39, 0.29) is 11.5 Å². The number of hydrogen-bond acceptors (Lipinski definition) is 9. The Balaban J connectivity index is 1.63. The highest BCUT2D eigenvalue weighted by molar-refractivity contribution is 5.97. The molecule has 1 aromatic heterocycles. The van der Waals surface area contributed by atoms with Crippen LogP contribution in [0.3, 0.4) is 0 Å². The zero-order valence-electron chi connectivity index (χ0n) is 17.5. The zero-order chi connectivity index (χ0) is 24.1. The Morgan fingerprint density at radius 1 is 0.970 bits per heavy atom. The molecule has 3 aromatic rings. The Morgan fingerprint density at radius 2 is 1.61 bits per heavy atom. The van der Waals surface area contributed by atoms with Crippen LogP contribution >= 0.6 is 0 Å². The number of amides is 1. The van der Waals surface area contributed by atoms with Crippen molar-refractivity contribution in [3.05, 3.63) is 71.3 Å². The van der Waals surface area contributed by atoms with E-state index in [1.807, 2.05) is 18.2 Å². The number of aromatic nitrogens is 2. The predicted octanol–water partition coefficient (Wildman–Crippen LogP) is -0.876. The van der Waals surface area contributed by atoms with Crippen LogP contribution in [0, 0.1) is 0 Å². The van der Waals surface area contributed by atoms with Gasteiger partial charge in [-0.1, -0.05) is 24.8 Å². The van der Waals surface area contributed by atoms with E-state index in [0.717, 1.165) is 16.5 Å². The highest BCUT2D eigenvalue weighted by atomic mass is 16.4. The number of carbonyl (C=O) groups is 3. The van der Waals surface area contributed by atoms with Crippen LogP contribution < -0.4 is 27.0 Å². The molecule has 0 fully saturated rings. The third-order valence-corrected chi connectivity index (χ3v) is 5.05. The summed E-state index contributed by atoms with van der Waals surface area (Å²) >= 11 is 0. The van der Waals surface area contributed by atoms with Crippen molar-refractivity contribution < 1.29 is 24.6 Å². The smallest absolute Gasteiger partial charge is 0.251 e. The average molecular weight is 447 g/mol. The van der Waals surface area contributed by atoms with Crippen molar-refractivity contribution in [2.24, 2.45) is 0 Å². The number of nitrogens with one attached hydrogen (secondary N) is 1. The molecular formula is C23H21N5O5-2. The number of aliphatic carboxylic acids is 2. The maximum absolute atomic E-state index is 12.4. The van der Waals surface area contributed by atoms with Crippen molar-refractivity contribution in [1.29, 1.82) is 0 Å². The number of nitrogens with zero attached hydrogens (tertiary/aromatic N) is 2. The first-order valence-corrected chi connectivity index (χ1v) is 9.95. The van der Waals surface area contributed by atoms with Gasteiger partial charge in [0.15, 0.2) is 0 Å². The van der Waals surface area contributed by atoms with Gasteiger partial charge < -0.3 is 36.6 Å². The molecule has 170 valence electrons. The van der Waals surface area contributed by atoms with Gasteiger partial charge in [0.1, 0.15) is 5.82 Å². The molecule has 0 bridgehead atoms. The fourth-order valence-corrected chi connectivity index (χ4v) is 3.25. The maximum atomic E-state index is 12.4. The van der Waals surface area contributed by atoms with Gasteiger partial charge in [0, 0.05) is 10.9 Å². The van der Waals surface area contributed by atoms with Gasteiger partial charge in [0.25, 0.3) is 5.91 Å². The Kier molecular flexibility index (Phi) is 6.87. The summed E-state index contributed by atoms with van der Waals surface area (Å²) in [5.74, 6) is -3.46. The molecule has 1 amide bonds. The van der Waals surface area contributed by atoms with Crippen LogP contribution in [0.25, 0.3) is 10.9 Å². The minimum atomic E-state index is -1.62. The second kappa shape index (κ2) is 9.77. The standard InChI is InChI=1S/C23H23N5O5/c1-12(21(30)31)10-18(22(32)33)26-20(29)15-7-4-13(5-8-15)2-3-14-6-9-17-16(11-14)19(24)28-23(25)27-17/h4-9,11,18H,1-3,10H2,(H,26,29)(H,30,31)(H,32,33)(H4,24,25,27,28)/p-2/t18-/m0/s1. The SMILES string of the molecule is C=C(C[C@H](NC(=O)c1ccc(CCc2ccc3nc(N)nc(N)c3c2)cc1)C(=O)[O-])C(=O)[O-]. The van der Waals surface area contributed by atoms with E-state index in [1.165, 1.54) is 0 Å². The van der Waals surface area contributed by atoms with Gasteiger partial charge in [0.2, 0.25) is 5.95 Å². The number of fused-ring (bicyclic) bond motifs is 1. The van der Waals surface area contributed by atoms with Gasteiger partial charge in [0.05, 0.1) is 23.5 Å². The zero-order valence-corrected chi connectivity index (χ0v) is 17.5. The largest absolute Gasteiger partial charge is 0.548 e. The lowest BCUT2D eigenvalue weighted by Crippen LogP contribution is -2.48. The Hall–Kier alpha value is -4.47. The van der Waals surface area contributed by atoms with E-state index < -0.39 is 35.9 Å². The number of aryl methyl sites for hydroxylation is 2. The Morgan fingerprint density at radius 3 is 2.24 bits per heavy atom. The number of carboxylic acid groups (broad SMARTS) is 2. The number of carbonyl (C=O) groups excluding carboxylic acids is 3. The van der Waals surface area contributed by atoms with Crippen LogP contribution in [0.5, 0.6) is 0 Å². The molecule has 0 saturated heterocycles. The van der Waals surface area contributed by atoms with E-state index in [2.05, 4.69) is 21.9 Å². The van der Waals surface area contributed by atoms with E-state index in [9.17, 15) is 24.6 Å². The molecule has 0 unspecified atom stereocenters. The lowest BCUT2D eigenvalue weighted by molar-refractivity contribution is -0.308. The molecule has 0 saturated carbocycles. The second-order valence-corrected chi connectivity index (χ2v) is 7.46. The monoisotopic (exact) mass is 447 g/mol. The Labute approximate surface area is 189 Å². The fraction of sp³-hybridized carbons (Fsp3) is 0.174. The van der Waals surface area contributed by atoms with Crippen molar-refractivity contribution in [2.75, 3.05) is 11.5 Å². The number of rotatable bonds is 9. The number of nitrogen functional groups attached to an aromatic ring is 2. The number of nitrogens with two attached hydrogens (primary N) is 2. The van der Waals surface area contributed by atoms with Crippen LogP contribution in [-0.2, 0) is 22.4 Å². The van der Waals surface area contributed by atoms with Crippen molar-refractivity contribution in [3.8, 4) is 0 Å². The molecule has 0 aliphatic rings. The van der Waals surface area contributed by atoms with E-state index in [0.29, 0.717) is 24.2 Å². The van der Waals surface area contributed by atoms with E-state index >= 15 is 0 Å². The first-order valence-electron chi connectivity index (χ1n) is 9.95. The quantitative estimate of drug-likeness (QED) is 0.350. The number of carboxylic acids is 2. The lowest BCUT2D eigenvalue weighted by Gasteiger charge is -2.21. The summed E-state index contributed by atoms with van der Waals surface area (Å²) < 4.78 is 0. The van der Waals surface area contributed by atoms with Crippen LogP contribution in [-0.4, -0.2) is 33.9 Å². The summed E-state index contributed by atoms with van der Waals surface area (Å²) in [7, 11) is 0. The minimum absolute atomic E-state index is 0.117. The fourth-order valence-electron chi connectivity index (χ4n) is 3.25. The van der Waals surface area contributed by atoms with Crippen molar-refractivity contribution >= 4 is 40.5 Å². The van der Waals surface area contributed by atoms with Gasteiger partial charge in [-0.3, -0.25) is 4.79 Å². The third kappa shape index (κ3) is 5.82. The summed E-state index contributed by atoms with van der Waals surface area (Å²) in [5, 5.41) is 24.9. The predicted molar refractivity (Wildman–Crippen MR) is 117 cm³/mol. The normalized spacial score (nSPS) is 11.6. The lowest BCUT2D eigenvalue weighted by atomic mass is 10.0. The summed E-state index contributed by atoms with van der Waals surface area (Å²) in [5.41, 5.74) is 13.9. The average Bonchev–Trinajstić information content (AvgIpc) is 2.77. The van der Waals surface area contributed by atoms with Crippen LogP contribution in [0.4, 0.5) is 11.8 Å². The van der Waals surface area contributed by atoms with E-state index in [4.69, 9.17) is 11.5 Å². The van der Waals surface area contributed by atoms with E-state index in [1.54, 1.807) is 24.3 Å². The van der Waals surface area contributed by atoms with Crippen molar-refractivity contribution in [1.82, 2.24) is 15.3 Å². The molecule has 0 aliphatic carbocycles. The van der Waals surface area contributed by atoms with Gasteiger partial charge in [-0.25, -0.2) is 4.98 Å². The third-order valence-electron chi connectivity index (χ3n) is 5.05. The molecule has 1 atom stereocenters. The van der Waals surface area contributed by atoms with Gasteiger partial charge in [-0.15, -0.1) is 0 Å². The molecule has 10 heteroatoms. The van der Waals surface area contributed by atoms with Gasteiger partial charge >= 0.3 is 0 Å². The van der Waals surface area contributed by atoms with Crippen LogP contribution in [0.15, 0.2) is 54.6 Å². The first-order chi connectivity index (χ1) is 15.6. The summed E-state index contributed by atoms with van der Waals surface area (Å²) in [6.07, 6.45) is 0.849. The molecule has 0 aliphatic heterocycles. The topological polar surface area (TPSA) is 187 Å². The molecule has 33 heavy (non-hydrogen) atoms. The van der Waals surface area contributed by atoms with Gasteiger partial charge in [-0.2, -0.15) is 4.98 Å². The first kappa shape index (κ1) is 23.2. The molecule has 10 nitrogen and oxygen atoms in total. The minimum Gasteiger partial charge on any atom is -0.548 e. The molecule has 3 rings (SSSR count).